The molecule has 0 amide bonds. The molecule has 0 atom stereocenters. The molecule has 0 aliphatic rings. The van der Waals surface area contributed by atoms with Crippen molar-refractivity contribution in [3.8, 4) is 0 Å². The van der Waals surface area contributed by atoms with Crippen LogP contribution in [-0.4, -0.2) is 109 Å². The van der Waals surface area contributed by atoms with Crippen molar-refractivity contribution in [2.45, 2.75) is 26.2 Å². The van der Waals surface area contributed by atoms with Crippen molar-refractivity contribution in [2.75, 3.05) is 58.9 Å². The molecular weight excluding hydrogens is 354 g/mol. The molecule has 9 nitrogen and oxygen atoms in total. The molecule has 0 heterocycles. The Balaban J connectivity index is 4.66. The molecule has 0 saturated heterocycles. The number of aldehydes is 3. The zero-order valence-corrected chi connectivity index (χ0v) is 16.0. The number of ketones is 1. The maximum atomic E-state index is 11.9. The number of nitrogens with zero attached hydrogens (tertiary/aromatic N) is 3. The molecule has 154 valence electrons. The minimum atomic E-state index is -0.992. The van der Waals surface area contributed by atoms with Gasteiger partial charge in [0.25, 0.3) is 0 Å². The molecule has 0 rings (SSSR count). The van der Waals surface area contributed by atoms with Crippen LogP contribution in [0.2, 0.25) is 0 Å². The van der Waals surface area contributed by atoms with Gasteiger partial charge in [-0.15, -0.1) is 0 Å². The summed E-state index contributed by atoms with van der Waals surface area (Å²) in [5.41, 5.74) is 0. The van der Waals surface area contributed by atoms with Gasteiger partial charge >= 0.3 is 5.97 Å². The molecule has 0 unspecified atom stereocenters. The van der Waals surface area contributed by atoms with Crippen molar-refractivity contribution in [3.05, 3.63) is 0 Å². The largest absolute Gasteiger partial charge is 0.480 e. The highest BCUT2D eigenvalue weighted by Crippen LogP contribution is 1.99. The Bertz CT molecular complexity index is 462. The molecule has 0 aliphatic carbocycles. The van der Waals surface area contributed by atoms with Crippen LogP contribution in [0.4, 0.5) is 0 Å². The molecule has 0 aromatic carbocycles. The van der Waals surface area contributed by atoms with Gasteiger partial charge in [-0.05, 0) is 6.42 Å². The first-order valence-corrected chi connectivity index (χ1v) is 9.18. The predicted molar refractivity (Wildman–Crippen MR) is 99.7 cm³/mol. The van der Waals surface area contributed by atoms with Crippen LogP contribution in [0.15, 0.2) is 0 Å². The number of carboxylic acid groups (broad SMARTS) is 1. The number of carboxylic acids is 1. The fourth-order valence-electron chi connectivity index (χ4n) is 2.54. The number of unbranched alkanes of at least 4 members (excludes halogenated alkanes) is 1. The van der Waals surface area contributed by atoms with Crippen LogP contribution >= 0.6 is 0 Å². The van der Waals surface area contributed by atoms with Crippen molar-refractivity contribution in [2.24, 2.45) is 0 Å². The normalized spacial score (nSPS) is 11.1. The average Bonchev–Trinajstić information content (AvgIpc) is 2.62. The number of Topliss-reactive ketones (excluding diaryl/α,β-unsaturated/α-hetero) is 1. The molecule has 1 N–H and O–H groups in total. The van der Waals surface area contributed by atoms with Gasteiger partial charge in [-0.2, -0.15) is 0 Å². The second-order valence-electron chi connectivity index (χ2n) is 6.31. The third-order valence-corrected chi connectivity index (χ3v) is 4.03. The van der Waals surface area contributed by atoms with Crippen molar-refractivity contribution in [3.63, 3.8) is 0 Å². The number of hydrogen-bond donors (Lipinski definition) is 1. The van der Waals surface area contributed by atoms with Gasteiger partial charge in [0, 0.05) is 32.6 Å². The molecule has 0 bridgehead atoms. The van der Waals surface area contributed by atoms with Gasteiger partial charge in [0.05, 0.1) is 32.7 Å². The maximum absolute atomic E-state index is 11.9. The summed E-state index contributed by atoms with van der Waals surface area (Å²) in [6.45, 7) is 3.74. The number of rotatable bonds is 19. The molecular formula is C18H31N3O6. The zero-order chi connectivity index (χ0) is 20.5. The van der Waals surface area contributed by atoms with Gasteiger partial charge in [-0.25, -0.2) is 0 Å². The van der Waals surface area contributed by atoms with Crippen LogP contribution in [0, 0.1) is 0 Å². The molecule has 27 heavy (non-hydrogen) atoms. The number of hydrogen-bond acceptors (Lipinski definition) is 8. The van der Waals surface area contributed by atoms with E-state index in [0.29, 0.717) is 45.2 Å². The Morgan fingerprint density at radius 2 is 1.26 bits per heavy atom. The van der Waals surface area contributed by atoms with Crippen LogP contribution in [-0.2, 0) is 24.0 Å². The lowest BCUT2D eigenvalue weighted by atomic mass is 10.2. The monoisotopic (exact) mass is 385 g/mol. The molecule has 9 heteroatoms. The van der Waals surface area contributed by atoms with Gasteiger partial charge in [0.2, 0.25) is 0 Å². The van der Waals surface area contributed by atoms with Gasteiger partial charge < -0.3 is 19.5 Å². The molecule has 0 radical (unpaired) electrons. The fourth-order valence-corrected chi connectivity index (χ4v) is 2.54. The summed E-state index contributed by atoms with van der Waals surface area (Å²) in [7, 11) is 0. The van der Waals surface area contributed by atoms with Crippen LogP contribution < -0.4 is 0 Å². The zero-order valence-electron chi connectivity index (χ0n) is 16.0. The smallest absolute Gasteiger partial charge is 0.317 e. The third-order valence-electron chi connectivity index (χ3n) is 4.03. The summed E-state index contributed by atoms with van der Waals surface area (Å²) in [5, 5.41) is 9.08. The second-order valence-corrected chi connectivity index (χ2v) is 6.31. The Kier molecular flexibility index (Phi) is 15.0. The van der Waals surface area contributed by atoms with E-state index >= 15 is 0 Å². The molecule has 0 aromatic rings. The fraction of sp³-hybridized carbons (Fsp3) is 0.722. The van der Waals surface area contributed by atoms with E-state index in [1.165, 1.54) is 0 Å². The van der Waals surface area contributed by atoms with E-state index < -0.39 is 5.97 Å². The number of aliphatic carboxylic acids is 1. The van der Waals surface area contributed by atoms with Crippen LogP contribution in [0.5, 0.6) is 0 Å². The highest BCUT2D eigenvalue weighted by molar-refractivity contribution is 5.80. The van der Waals surface area contributed by atoms with E-state index in [0.717, 1.165) is 19.1 Å². The standard InChI is InChI=1S/C18H31N3O6/c1-2-3-4-17(25)15-21(11-14-24)8-7-20(16-18(26)27)6-5-19(9-12-22)10-13-23/h12-14H,2-11,15-16H2,1H3,(H,26,27). The molecule has 0 spiro atoms. The first-order chi connectivity index (χ1) is 13.0. The molecule has 0 aliphatic heterocycles. The lowest BCUT2D eigenvalue weighted by molar-refractivity contribution is -0.138. The summed E-state index contributed by atoms with van der Waals surface area (Å²) in [4.78, 5) is 60.1. The molecule has 0 saturated carbocycles. The highest BCUT2D eigenvalue weighted by atomic mass is 16.4. The van der Waals surface area contributed by atoms with E-state index in [-0.39, 0.29) is 38.5 Å². The quantitative estimate of drug-likeness (QED) is 0.289. The van der Waals surface area contributed by atoms with Crippen LogP contribution in [0.3, 0.4) is 0 Å². The van der Waals surface area contributed by atoms with E-state index in [1.807, 2.05) is 6.92 Å². The van der Waals surface area contributed by atoms with Gasteiger partial charge in [-0.1, -0.05) is 13.3 Å². The Morgan fingerprint density at radius 1 is 0.778 bits per heavy atom. The SMILES string of the molecule is CCCCC(=O)CN(CC=O)CCN(CCN(CC=O)CC=O)CC(=O)O. The van der Waals surface area contributed by atoms with E-state index in [1.54, 1.807) is 14.7 Å². The Hall–Kier alpha value is -1.97. The Morgan fingerprint density at radius 3 is 1.74 bits per heavy atom. The summed E-state index contributed by atoms with van der Waals surface area (Å²) in [5.74, 6) is -0.931. The molecule has 0 aromatic heterocycles. The second kappa shape index (κ2) is 16.2. The third kappa shape index (κ3) is 13.8. The Labute approximate surface area is 160 Å². The lowest BCUT2D eigenvalue weighted by Crippen LogP contribution is -2.43. The van der Waals surface area contributed by atoms with Crippen molar-refractivity contribution < 1.29 is 29.1 Å². The number of carbonyl (C=O) groups is 5. The minimum absolute atomic E-state index is 0.0617. The van der Waals surface area contributed by atoms with Gasteiger partial charge in [-0.3, -0.25) is 24.3 Å². The van der Waals surface area contributed by atoms with Crippen molar-refractivity contribution >= 4 is 30.6 Å². The summed E-state index contributed by atoms with van der Waals surface area (Å²) < 4.78 is 0. The van der Waals surface area contributed by atoms with Crippen LogP contribution in [0.25, 0.3) is 0 Å². The first-order valence-electron chi connectivity index (χ1n) is 9.18. The molecule has 0 fully saturated rings. The van der Waals surface area contributed by atoms with E-state index in [9.17, 15) is 24.0 Å². The van der Waals surface area contributed by atoms with Gasteiger partial charge in [0.15, 0.2) is 0 Å². The topological polar surface area (TPSA) is 115 Å². The lowest BCUT2D eigenvalue weighted by Gasteiger charge is -2.27. The van der Waals surface area contributed by atoms with Crippen molar-refractivity contribution in [1.29, 1.82) is 0 Å². The summed E-state index contributed by atoms with van der Waals surface area (Å²) >= 11 is 0. The van der Waals surface area contributed by atoms with E-state index in [2.05, 4.69) is 0 Å². The minimum Gasteiger partial charge on any atom is -0.480 e. The maximum Gasteiger partial charge on any atom is 0.317 e. The summed E-state index contributed by atoms with van der Waals surface area (Å²) in [6, 6.07) is 0. The number of carbonyl (C=O) groups excluding carboxylic acids is 4. The predicted octanol–water partition coefficient (Wildman–Crippen LogP) is -0.667. The van der Waals surface area contributed by atoms with Crippen LogP contribution in [0.1, 0.15) is 26.2 Å². The first kappa shape index (κ1) is 25.0. The van der Waals surface area contributed by atoms with Gasteiger partial charge in [0.1, 0.15) is 24.6 Å². The van der Waals surface area contributed by atoms with Crippen molar-refractivity contribution in [1.82, 2.24) is 14.7 Å². The summed E-state index contributed by atoms with van der Waals surface area (Å²) in [6.07, 6.45) is 4.31. The average molecular weight is 385 g/mol. The highest BCUT2D eigenvalue weighted by Gasteiger charge is 2.15. The van der Waals surface area contributed by atoms with E-state index in [4.69, 9.17) is 5.11 Å².